The molecule has 1 aliphatic carbocycles. The minimum atomic E-state index is -0.522. The molecule has 0 aromatic heterocycles. The van der Waals surface area contributed by atoms with Crippen molar-refractivity contribution in [2.24, 2.45) is 5.41 Å². The van der Waals surface area contributed by atoms with Gasteiger partial charge in [-0.2, -0.15) is 0 Å². The summed E-state index contributed by atoms with van der Waals surface area (Å²) < 4.78 is 11.1. The minimum absolute atomic E-state index is 0.148. The lowest BCUT2D eigenvalue weighted by atomic mass is 9.81. The monoisotopic (exact) mass is 401 g/mol. The molecule has 5 heteroatoms. The van der Waals surface area contributed by atoms with Crippen LogP contribution in [0.15, 0.2) is 12.1 Å². The highest BCUT2D eigenvalue weighted by Gasteiger charge is 2.45. The lowest BCUT2D eigenvalue weighted by molar-refractivity contribution is -0.153. The fourth-order valence-corrected chi connectivity index (χ4v) is 4.58. The average molecular weight is 402 g/mol. The van der Waals surface area contributed by atoms with Crippen molar-refractivity contribution in [3.05, 3.63) is 23.3 Å². The van der Waals surface area contributed by atoms with E-state index >= 15 is 0 Å². The molecule has 0 radical (unpaired) electrons. The Morgan fingerprint density at radius 1 is 1.07 bits per heavy atom. The molecule has 0 saturated heterocycles. The van der Waals surface area contributed by atoms with E-state index in [1.54, 1.807) is 7.11 Å². The van der Waals surface area contributed by atoms with Crippen molar-refractivity contribution in [1.29, 1.82) is 0 Å². The fourth-order valence-electron chi connectivity index (χ4n) is 4.58. The highest BCUT2D eigenvalue weighted by atomic mass is 16.6. The van der Waals surface area contributed by atoms with Gasteiger partial charge in [0.05, 0.1) is 19.2 Å². The van der Waals surface area contributed by atoms with Gasteiger partial charge in [-0.3, -0.25) is 9.59 Å². The van der Waals surface area contributed by atoms with Crippen LogP contribution in [0.4, 0.5) is 5.69 Å². The number of anilines is 1. The van der Waals surface area contributed by atoms with E-state index in [2.05, 4.69) is 6.07 Å². The fraction of sp³-hybridized carbons (Fsp3) is 0.667. The highest BCUT2D eigenvalue weighted by Crippen LogP contribution is 2.51. The van der Waals surface area contributed by atoms with E-state index in [9.17, 15) is 9.59 Å². The van der Waals surface area contributed by atoms with E-state index in [1.807, 2.05) is 52.5 Å². The number of benzene rings is 1. The summed E-state index contributed by atoms with van der Waals surface area (Å²) in [6, 6.07) is 4.24. The van der Waals surface area contributed by atoms with Crippen LogP contribution in [0.3, 0.4) is 0 Å². The van der Waals surface area contributed by atoms with E-state index in [0.717, 1.165) is 30.5 Å². The van der Waals surface area contributed by atoms with Crippen LogP contribution >= 0.6 is 0 Å². The van der Waals surface area contributed by atoms with Crippen molar-refractivity contribution in [2.75, 3.05) is 12.0 Å². The Bertz CT molecular complexity index is 800. The van der Waals surface area contributed by atoms with Crippen LogP contribution < -0.4 is 9.64 Å². The van der Waals surface area contributed by atoms with Gasteiger partial charge in [0.1, 0.15) is 11.4 Å². The molecule has 0 N–H and O–H groups in total. The second kappa shape index (κ2) is 7.66. The summed E-state index contributed by atoms with van der Waals surface area (Å²) in [6.07, 6.45) is 4.57. The highest BCUT2D eigenvalue weighted by molar-refractivity contribution is 6.00. The lowest BCUT2D eigenvalue weighted by Gasteiger charge is -2.35. The first kappa shape index (κ1) is 21.7. The Kier molecular flexibility index (Phi) is 5.72. The first-order chi connectivity index (χ1) is 13.4. The molecule has 0 spiro atoms. The predicted octanol–water partition coefficient (Wildman–Crippen LogP) is 5.00. The smallest absolute Gasteiger partial charge is 0.310 e. The summed E-state index contributed by atoms with van der Waals surface area (Å²) in [5.74, 6) is 0.847. The van der Waals surface area contributed by atoms with Gasteiger partial charge in [0, 0.05) is 29.0 Å². The largest absolute Gasteiger partial charge is 0.496 e. The van der Waals surface area contributed by atoms with Crippen molar-refractivity contribution in [3.8, 4) is 5.75 Å². The van der Waals surface area contributed by atoms with E-state index in [-0.39, 0.29) is 24.3 Å². The van der Waals surface area contributed by atoms with Crippen molar-refractivity contribution in [1.82, 2.24) is 0 Å². The Hall–Kier alpha value is -2.04. The van der Waals surface area contributed by atoms with Gasteiger partial charge in [0.15, 0.2) is 0 Å². The Morgan fingerprint density at radius 2 is 1.72 bits per heavy atom. The molecule has 1 aromatic rings. The zero-order valence-electron chi connectivity index (χ0n) is 18.9. The van der Waals surface area contributed by atoms with Crippen LogP contribution in [0, 0.1) is 5.41 Å². The quantitative estimate of drug-likeness (QED) is 0.669. The molecule has 1 aliphatic heterocycles. The maximum atomic E-state index is 13.3. The molecule has 1 saturated carbocycles. The molecule has 1 amide bonds. The summed E-state index contributed by atoms with van der Waals surface area (Å²) >= 11 is 0. The van der Waals surface area contributed by atoms with Crippen LogP contribution in [0.25, 0.3) is 0 Å². The molecule has 5 nitrogen and oxygen atoms in total. The topological polar surface area (TPSA) is 55.8 Å². The molecule has 1 aromatic carbocycles. The molecular weight excluding hydrogens is 366 g/mol. The third-order valence-corrected chi connectivity index (χ3v) is 5.77. The molecule has 0 bridgehead atoms. The van der Waals surface area contributed by atoms with Gasteiger partial charge < -0.3 is 14.4 Å². The first-order valence-electron chi connectivity index (χ1n) is 10.7. The van der Waals surface area contributed by atoms with E-state index in [4.69, 9.17) is 9.47 Å². The predicted molar refractivity (Wildman–Crippen MR) is 114 cm³/mol. The van der Waals surface area contributed by atoms with E-state index in [0.29, 0.717) is 11.7 Å². The number of amides is 1. The molecule has 3 rings (SSSR count). The average Bonchev–Trinajstić information content (AvgIpc) is 2.91. The van der Waals surface area contributed by atoms with Gasteiger partial charge in [0.2, 0.25) is 5.91 Å². The Labute approximate surface area is 174 Å². The molecule has 2 atom stereocenters. The third kappa shape index (κ3) is 4.44. The molecular formula is C24H35NO4. The third-order valence-electron chi connectivity index (χ3n) is 5.77. The van der Waals surface area contributed by atoms with E-state index in [1.165, 1.54) is 12.0 Å². The van der Waals surface area contributed by atoms with Crippen LogP contribution in [0.1, 0.15) is 84.3 Å². The summed E-state index contributed by atoms with van der Waals surface area (Å²) in [5, 5.41) is 0. The van der Waals surface area contributed by atoms with Crippen molar-refractivity contribution in [2.45, 2.75) is 91.2 Å². The summed E-state index contributed by atoms with van der Waals surface area (Å²) in [4.78, 5) is 27.8. The number of carbonyl (C=O) groups is 2. The zero-order valence-corrected chi connectivity index (χ0v) is 18.9. The lowest BCUT2D eigenvalue weighted by Crippen LogP contribution is -2.45. The SMILES string of the molecule is COc1cc2c(cc1CC(=O)OC(C)(C)C)[C@@H]1CCCC[C@@H]1N2C(=O)C(C)(C)C. The number of nitrogens with zero attached hydrogens (tertiary/aromatic N) is 1. The van der Waals surface area contributed by atoms with Crippen LogP contribution in [-0.2, 0) is 20.7 Å². The van der Waals surface area contributed by atoms with Crippen LogP contribution in [0.5, 0.6) is 5.75 Å². The number of ether oxygens (including phenoxy) is 2. The van der Waals surface area contributed by atoms with Crippen molar-refractivity contribution < 1.29 is 19.1 Å². The Morgan fingerprint density at radius 3 is 2.31 bits per heavy atom. The van der Waals surface area contributed by atoms with Gasteiger partial charge >= 0.3 is 5.97 Å². The van der Waals surface area contributed by atoms with E-state index < -0.39 is 11.0 Å². The molecule has 0 unspecified atom stereocenters. The van der Waals surface area contributed by atoms with Gasteiger partial charge in [-0.1, -0.05) is 33.6 Å². The maximum Gasteiger partial charge on any atom is 0.310 e. The summed E-state index contributed by atoms with van der Waals surface area (Å²) in [5.41, 5.74) is 1.98. The number of methoxy groups -OCH3 is 1. The second-order valence-electron chi connectivity index (χ2n) is 10.4. The van der Waals surface area contributed by atoms with Gasteiger partial charge in [-0.25, -0.2) is 0 Å². The number of hydrogen-bond donors (Lipinski definition) is 0. The zero-order chi connectivity index (χ0) is 21.6. The number of rotatable bonds is 3. The number of carbonyl (C=O) groups excluding carboxylic acids is 2. The molecule has 160 valence electrons. The normalized spacial score (nSPS) is 21.4. The summed E-state index contributed by atoms with van der Waals surface area (Å²) in [6.45, 7) is 11.5. The molecule has 1 heterocycles. The maximum absolute atomic E-state index is 13.3. The molecule has 29 heavy (non-hydrogen) atoms. The number of esters is 1. The summed E-state index contributed by atoms with van der Waals surface area (Å²) in [7, 11) is 1.61. The second-order valence-corrected chi connectivity index (χ2v) is 10.4. The van der Waals surface area contributed by atoms with Crippen LogP contribution in [-0.4, -0.2) is 30.6 Å². The minimum Gasteiger partial charge on any atom is -0.496 e. The standard InChI is InChI=1S/C24H35NO4/c1-23(2,3)22(27)25-18-11-9-8-10-16(18)17-12-15(20(28-7)14-19(17)25)13-21(26)29-24(4,5)6/h12,14,16,18H,8-11,13H2,1-7H3/t16-,18-/m0/s1. The van der Waals surface area contributed by atoms with Gasteiger partial charge in [-0.15, -0.1) is 0 Å². The van der Waals surface area contributed by atoms with Gasteiger partial charge in [0.25, 0.3) is 0 Å². The van der Waals surface area contributed by atoms with Crippen LogP contribution in [0.2, 0.25) is 0 Å². The van der Waals surface area contributed by atoms with Gasteiger partial charge in [-0.05, 0) is 45.2 Å². The Balaban J connectivity index is 2.02. The van der Waals surface area contributed by atoms with Crippen molar-refractivity contribution in [3.63, 3.8) is 0 Å². The number of fused-ring (bicyclic) bond motifs is 3. The van der Waals surface area contributed by atoms with Crippen molar-refractivity contribution >= 4 is 17.6 Å². The number of hydrogen-bond acceptors (Lipinski definition) is 4. The first-order valence-corrected chi connectivity index (χ1v) is 10.7. The molecule has 1 fully saturated rings. The molecule has 2 aliphatic rings.